The fourth-order valence-electron chi connectivity index (χ4n) is 1.14. The van der Waals surface area contributed by atoms with Crippen molar-refractivity contribution in [1.29, 1.82) is 0 Å². The van der Waals surface area contributed by atoms with Crippen LogP contribution in [0.3, 0.4) is 0 Å². The highest BCUT2D eigenvalue weighted by Gasteiger charge is 2.08. The molecule has 0 spiro atoms. The van der Waals surface area contributed by atoms with Crippen LogP contribution in [0.15, 0.2) is 16.7 Å². The Morgan fingerprint density at radius 2 is 2.29 bits per heavy atom. The third-order valence-electron chi connectivity index (χ3n) is 1.70. The van der Waals surface area contributed by atoms with Crippen molar-refractivity contribution in [3.63, 3.8) is 0 Å². The summed E-state index contributed by atoms with van der Waals surface area (Å²) in [5, 5.41) is 11.9. The van der Waals surface area contributed by atoms with Crippen LogP contribution in [0.2, 0.25) is 0 Å². The SMILES string of the molecule is CC(=O)Cc1nnc2ccc(Br)nn12. The molecular formula is C8H7BrN4O. The quantitative estimate of drug-likeness (QED) is 0.803. The molecule has 0 atom stereocenters. The second-order valence-electron chi connectivity index (χ2n) is 2.92. The summed E-state index contributed by atoms with van der Waals surface area (Å²) in [6, 6.07) is 3.56. The van der Waals surface area contributed by atoms with Gasteiger partial charge in [-0.25, -0.2) is 0 Å². The van der Waals surface area contributed by atoms with Crippen molar-refractivity contribution in [2.24, 2.45) is 0 Å². The minimum Gasteiger partial charge on any atom is -0.300 e. The summed E-state index contributed by atoms with van der Waals surface area (Å²) in [5.74, 6) is 0.606. The lowest BCUT2D eigenvalue weighted by Crippen LogP contribution is -2.04. The van der Waals surface area contributed by atoms with Gasteiger partial charge in [0.05, 0.1) is 6.42 Å². The number of ketones is 1. The number of rotatable bonds is 2. The van der Waals surface area contributed by atoms with Gasteiger partial charge in [-0.2, -0.15) is 9.61 Å². The van der Waals surface area contributed by atoms with Crippen LogP contribution in [-0.2, 0) is 11.2 Å². The van der Waals surface area contributed by atoms with E-state index < -0.39 is 0 Å². The van der Waals surface area contributed by atoms with Gasteiger partial charge in [-0.3, -0.25) is 4.79 Å². The summed E-state index contributed by atoms with van der Waals surface area (Å²) in [6.07, 6.45) is 0.255. The van der Waals surface area contributed by atoms with Crippen molar-refractivity contribution < 1.29 is 4.79 Å². The summed E-state index contributed by atoms with van der Waals surface area (Å²) in [7, 11) is 0. The maximum Gasteiger partial charge on any atom is 0.177 e. The molecule has 0 fully saturated rings. The van der Waals surface area contributed by atoms with Gasteiger partial charge in [-0.05, 0) is 35.0 Å². The fraction of sp³-hybridized carbons (Fsp3) is 0.250. The average Bonchev–Trinajstić information content (AvgIpc) is 2.47. The highest BCUT2D eigenvalue weighted by atomic mass is 79.9. The van der Waals surface area contributed by atoms with Gasteiger partial charge in [-0.1, -0.05) is 0 Å². The van der Waals surface area contributed by atoms with Gasteiger partial charge in [0.1, 0.15) is 10.4 Å². The molecule has 2 aromatic heterocycles. The average molecular weight is 255 g/mol. The molecule has 0 saturated carbocycles. The van der Waals surface area contributed by atoms with Gasteiger partial charge < -0.3 is 0 Å². The number of halogens is 1. The van der Waals surface area contributed by atoms with E-state index in [1.54, 1.807) is 16.6 Å². The lowest BCUT2D eigenvalue weighted by Gasteiger charge is -1.95. The number of nitrogens with zero attached hydrogens (tertiary/aromatic N) is 4. The standard InChI is InChI=1S/C8H7BrN4O/c1-5(14)4-8-11-10-7-3-2-6(9)12-13(7)8/h2-3H,4H2,1H3. The number of hydrogen-bond acceptors (Lipinski definition) is 4. The van der Waals surface area contributed by atoms with Gasteiger partial charge in [0.2, 0.25) is 0 Å². The van der Waals surface area contributed by atoms with Crippen molar-refractivity contribution in [3.05, 3.63) is 22.6 Å². The number of carbonyl (C=O) groups is 1. The lowest BCUT2D eigenvalue weighted by molar-refractivity contribution is -0.116. The zero-order chi connectivity index (χ0) is 10.1. The second-order valence-corrected chi connectivity index (χ2v) is 3.73. The largest absolute Gasteiger partial charge is 0.300 e. The number of aromatic nitrogens is 4. The first kappa shape index (κ1) is 9.26. The molecule has 2 rings (SSSR count). The zero-order valence-corrected chi connectivity index (χ0v) is 9.02. The minimum atomic E-state index is 0.0427. The maximum absolute atomic E-state index is 10.9. The van der Waals surface area contributed by atoms with Crippen LogP contribution in [0.5, 0.6) is 0 Å². The maximum atomic E-state index is 10.9. The topological polar surface area (TPSA) is 60.2 Å². The van der Waals surface area contributed by atoms with E-state index in [1.807, 2.05) is 0 Å². The van der Waals surface area contributed by atoms with Gasteiger partial charge in [0.25, 0.3) is 0 Å². The van der Waals surface area contributed by atoms with Crippen LogP contribution in [0.25, 0.3) is 5.65 Å². The Kier molecular flexibility index (Phi) is 2.28. The number of fused-ring (bicyclic) bond motifs is 1. The molecule has 0 bridgehead atoms. The normalized spacial score (nSPS) is 10.7. The van der Waals surface area contributed by atoms with Crippen molar-refractivity contribution in [3.8, 4) is 0 Å². The van der Waals surface area contributed by atoms with Crippen LogP contribution in [0.1, 0.15) is 12.7 Å². The summed E-state index contributed by atoms with van der Waals surface area (Å²) < 4.78 is 2.25. The van der Waals surface area contributed by atoms with Crippen LogP contribution in [-0.4, -0.2) is 25.6 Å². The van der Waals surface area contributed by atoms with Crippen LogP contribution in [0, 0.1) is 0 Å². The lowest BCUT2D eigenvalue weighted by atomic mass is 10.3. The van der Waals surface area contributed by atoms with Crippen molar-refractivity contribution >= 4 is 27.4 Å². The van der Waals surface area contributed by atoms with Crippen molar-refractivity contribution in [2.75, 3.05) is 0 Å². The molecule has 0 aliphatic carbocycles. The van der Waals surface area contributed by atoms with Crippen molar-refractivity contribution in [2.45, 2.75) is 13.3 Å². The van der Waals surface area contributed by atoms with Gasteiger partial charge >= 0.3 is 0 Å². The van der Waals surface area contributed by atoms with E-state index in [0.717, 1.165) is 0 Å². The number of Topliss-reactive ketones (excluding diaryl/α,β-unsaturated/α-hetero) is 1. The molecule has 0 saturated heterocycles. The highest BCUT2D eigenvalue weighted by Crippen LogP contribution is 2.08. The summed E-state index contributed by atoms with van der Waals surface area (Å²) in [5.41, 5.74) is 0.643. The Bertz CT molecular complexity index is 493. The van der Waals surface area contributed by atoms with E-state index in [4.69, 9.17) is 0 Å². The van der Waals surface area contributed by atoms with E-state index >= 15 is 0 Å². The predicted molar refractivity (Wildman–Crippen MR) is 52.9 cm³/mol. The Hall–Kier alpha value is -1.30. The van der Waals surface area contributed by atoms with E-state index in [1.165, 1.54) is 6.92 Å². The Balaban J connectivity index is 2.55. The monoisotopic (exact) mass is 254 g/mol. The van der Waals surface area contributed by atoms with E-state index in [9.17, 15) is 4.79 Å². The van der Waals surface area contributed by atoms with Crippen LogP contribution >= 0.6 is 15.9 Å². The van der Waals surface area contributed by atoms with Crippen molar-refractivity contribution in [1.82, 2.24) is 19.8 Å². The molecule has 0 aromatic carbocycles. The summed E-state index contributed by atoms with van der Waals surface area (Å²) in [4.78, 5) is 10.9. The molecule has 2 heterocycles. The molecular weight excluding hydrogens is 248 g/mol. The molecule has 6 heteroatoms. The Morgan fingerprint density at radius 3 is 3.00 bits per heavy atom. The molecule has 2 aromatic rings. The second kappa shape index (κ2) is 3.45. The van der Waals surface area contributed by atoms with Crippen LogP contribution < -0.4 is 0 Å². The third kappa shape index (κ3) is 1.65. The van der Waals surface area contributed by atoms with Gasteiger partial charge in [0.15, 0.2) is 11.5 Å². The van der Waals surface area contributed by atoms with E-state index in [-0.39, 0.29) is 12.2 Å². The zero-order valence-electron chi connectivity index (χ0n) is 7.44. The number of carbonyl (C=O) groups excluding carboxylic acids is 1. The van der Waals surface area contributed by atoms with Gasteiger partial charge in [0, 0.05) is 0 Å². The summed E-state index contributed by atoms with van der Waals surface area (Å²) in [6.45, 7) is 1.51. The Morgan fingerprint density at radius 1 is 1.50 bits per heavy atom. The van der Waals surface area contributed by atoms with Gasteiger partial charge in [-0.15, -0.1) is 10.2 Å². The molecule has 72 valence electrons. The molecule has 0 aliphatic rings. The highest BCUT2D eigenvalue weighted by molar-refractivity contribution is 9.10. The van der Waals surface area contributed by atoms with E-state index in [2.05, 4.69) is 31.2 Å². The third-order valence-corrected chi connectivity index (χ3v) is 2.12. The first-order chi connectivity index (χ1) is 6.66. The smallest absolute Gasteiger partial charge is 0.177 e. The predicted octanol–water partition coefficient (Wildman–Crippen LogP) is 1.02. The molecule has 5 nitrogen and oxygen atoms in total. The molecule has 0 amide bonds. The van der Waals surface area contributed by atoms with Crippen LogP contribution in [0.4, 0.5) is 0 Å². The number of hydrogen-bond donors (Lipinski definition) is 0. The fourth-order valence-corrected chi connectivity index (χ4v) is 1.43. The van der Waals surface area contributed by atoms with E-state index in [0.29, 0.717) is 16.1 Å². The molecule has 0 unspecified atom stereocenters. The molecule has 0 aliphatic heterocycles. The molecule has 0 radical (unpaired) electrons. The molecule has 0 N–H and O–H groups in total. The first-order valence-corrected chi connectivity index (χ1v) is 4.82. The first-order valence-electron chi connectivity index (χ1n) is 4.03. The summed E-state index contributed by atoms with van der Waals surface area (Å²) >= 11 is 3.25. The molecule has 14 heavy (non-hydrogen) atoms. The minimum absolute atomic E-state index is 0.0427. The Labute approximate surface area is 88.3 Å².